The fourth-order valence-corrected chi connectivity index (χ4v) is 2.03. The Morgan fingerprint density at radius 1 is 1.50 bits per heavy atom. The fourth-order valence-electron chi connectivity index (χ4n) is 1.85. The summed E-state index contributed by atoms with van der Waals surface area (Å²) < 4.78 is 5.78. The summed E-state index contributed by atoms with van der Waals surface area (Å²) in [6, 6.07) is 6.32. The molecule has 0 aromatic heterocycles. The monoisotopic (exact) mass is 239 g/mol. The van der Waals surface area contributed by atoms with Crippen LogP contribution in [-0.4, -0.2) is 19.7 Å². The number of aryl methyl sites for hydroxylation is 1. The Morgan fingerprint density at radius 3 is 2.88 bits per heavy atom. The Labute approximate surface area is 102 Å². The SMILES string of the molecule is CN[C@@H](COc1cc(C)ccc1Cl)C1CC1. The zero-order chi connectivity index (χ0) is 11.5. The number of benzene rings is 1. The quantitative estimate of drug-likeness (QED) is 0.853. The average Bonchev–Trinajstić information content (AvgIpc) is 3.08. The molecule has 0 amide bonds. The van der Waals surface area contributed by atoms with E-state index in [1.165, 1.54) is 18.4 Å². The predicted octanol–water partition coefficient (Wildman–Crippen LogP) is 3.03. The van der Waals surface area contributed by atoms with E-state index in [-0.39, 0.29) is 0 Å². The lowest BCUT2D eigenvalue weighted by molar-refractivity contribution is 0.256. The molecule has 0 spiro atoms. The molecule has 1 fully saturated rings. The highest BCUT2D eigenvalue weighted by molar-refractivity contribution is 6.32. The molecular formula is C13H18ClNO. The third-order valence-electron chi connectivity index (χ3n) is 3.07. The largest absolute Gasteiger partial charge is 0.490 e. The van der Waals surface area contributed by atoms with Crippen LogP contribution in [0.2, 0.25) is 5.02 Å². The molecule has 1 aliphatic carbocycles. The summed E-state index contributed by atoms with van der Waals surface area (Å²) >= 11 is 6.07. The molecule has 0 unspecified atom stereocenters. The van der Waals surface area contributed by atoms with Crippen LogP contribution in [0.1, 0.15) is 18.4 Å². The van der Waals surface area contributed by atoms with E-state index in [9.17, 15) is 0 Å². The lowest BCUT2D eigenvalue weighted by Crippen LogP contribution is -2.33. The topological polar surface area (TPSA) is 21.3 Å². The Hall–Kier alpha value is -0.730. The van der Waals surface area contributed by atoms with Crippen LogP contribution in [0.3, 0.4) is 0 Å². The van der Waals surface area contributed by atoms with E-state index in [1.807, 2.05) is 32.2 Å². The third kappa shape index (κ3) is 2.89. The van der Waals surface area contributed by atoms with E-state index in [4.69, 9.17) is 16.3 Å². The van der Waals surface area contributed by atoms with Crippen molar-refractivity contribution in [3.8, 4) is 5.75 Å². The molecule has 0 radical (unpaired) electrons. The molecule has 1 atom stereocenters. The molecule has 1 aromatic rings. The van der Waals surface area contributed by atoms with Crippen LogP contribution >= 0.6 is 11.6 Å². The average molecular weight is 240 g/mol. The molecule has 0 saturated heterocycles. The van der Waals surface area contributed by atoms with E-state index in [0.717, 1.165) is 11.7 Å². The van der Waals surface area contributed by atoms with Gasteiger partial charge in [-0.1, -0.05) is 17.7 Å². The summed E-state index contributed by atoms with van der Waals surface area (Å²) in [5.74, 6) is 1.58. The molecule has 16 heavy (non-hydrogen) atoms. The first-order valence-electron chi connectivity index (χ1n) is 5.77. The lowest BCUT2D eigenvalue weighted by atomic mass is 10.2. The molecule has 2 rings (SSSR count). The van der Waals surface area contributed by atoms with E-state index in [1.54, 1.807) is 0 Å². The molecule has 1 aliphatic rings. The molecule has 1 N–H and O–H groups in total. The van der Waals surface area contributed by atoms with Gasteiger partial charge in [-0.2, -0.15) is 0 Å². The van der Waals surface area contributed by atoms with Gasteiger partial charge in [-0.3, -0.25) is 0 Å². The Kier molecular flexibility index (Phi) is 3.72. The van der Waals surface area contributed by atoms with E-state index < -0.39 is 0 Å². The number of ether oxygens (including phenoxy) is 1. The number of hydrogen-bond acceptors (Lipinski definition) is 2. The molecule has 0 heterocycles. The summed E-state index contributed by atoms with van der Waals surface area (Å²) in [4.78, 5) is 0. The Balaban J connectivity index is 1.95. The third-order valence-corrected chi connectivity index (χ3v) is 3.38. The molecule has 3 heteroatoms. The maximum absolute atomic E-state index is 6.07. The molecule has 1 aromatic carbocycles. The normalized spacial score (nSPS) is 17.2. The van der Waals surface area contributed by atoms with Crippen LogP contribution in [0.5, 0.6) is 5.75 Å². The number of hydrogen-bond donors (Lipinski definition) is 1. The van der Waals surface area contributed by atoms with Gasteiger partial charge < -0.3 is 10.1 Å². The molecule has 0 aliphatic heterocycles. The second-order valence-electron chi connectivity index (χ2n) is 4.48. The minimum Gasteiger partial charge on any atom is -0.490 e. The van der Waals surface area contributed by atoms with Gasteiger partial charge in [0.2, 0.25) is 0 Å². The first kappa shape index (κ1) is 11.7. The molecule has 88 valence electrons. The Bertz CT molecular complexity index is 363. The van der Waals surface area contributed by atoms with Crippen molar-refractivity contribution >= 4 is 11.6 Å². The van der Waals surface area contributed by atoms with E-state index in [2.05, 4.69) is 5.32 Å². The Morgan fingerprint density at radius 2 is 2.25 bits per heavy atom. The standard InChI is InChI=1S/C13H18ClNO/c1-9-3-6-11(14)13(7-9)16-8-12(15-2)10-4-5-10/h3,6-7,10,12,15H,4-5,8H2,1-2H3/t12-/m0/s1. The van der Waals surface area contributed by atoms with Crippen LogP contribution in [-0.2, 0) is 0 Å². The van der Waals surface area contributed by atoms with Crippen LogP contribution in [0, 0.1) is 12.8 Å². The lowest BCUT2D eigenvalue weighted by Gasteiger charge is -2.17. The number of halogens is 1. The first-order chi connectivity index (χ1) is 7.70. The molecular weight excluding hydrogens is 222 g/mol. The second kappa shape index (κ2) is 5.07. The minimum atomic E-state index is 0.455. The maximum Gasteiger partial charge on any atom is 0.138 e. The van der Waals surface area contributed by atoms with Gasteiger partial charge in [0.15, 0.2) is 0 Å². The second-order valence-corrected chi connectivity index (χ2v) is 4.88. The van der Waals surface area contributed by atoms with Crippen molar-refractivity contribution in [3.63, 3.8) is 0 Å². The van der Waals surface area contributed by atoms with Crippen LogP contribution in [0.4, 0.5) is 0 Å². The van der Waals surface area contributed by atoms with E-state index >= 15 is 0 Å². The predicted molar refractivity (Wildman–Crippen MR) is 67.3 cm³/mol. The number of nitrogens with one attached hydrogen (secondary N) is 1. The summed E-state index contributed by atoms with van der Waals surface area (Å²) in [7, 11) is 1.99. The first-order valence-corrected chi connectivity index (χ1v) is 6.14. The van der Waals surface area contributed by atoms with Gasteiger partial charge in [-0.25, -0.2) is 0 Å². The van der Waals surface area contributed by atoms with Crippen molar-refractivity contribution in [1.29, 1.82) is 0 Å². The van der Waals surface area contributed by atoms with Crippen molar-refractivity contribution in [2.24, 2.45) is 5.92 Å². The van der Waals surface area contributed by atoms with Gasteiger partial charge in [0.25, 0.3) is 0 Å². The zero-order valence-electron chi connectivity index (χ0n) is 9.79. The highest BCUT2D eigenvalue weighted by Gasteiger charge is 2.30. The van der Waals surface area contributed by atoms with Crippen molar-refractivity contribution in [2.75, 3.05) is 13.7 Å². The van der Waals surface area contributed by atoms with Crippen LogP contribution in [0.15, 0.2) is 18.2 Å². The smallest absolute Gasteiger partial charge is 0.138 e. The summed E-state index contributed by atoms with van der Waals surface area (Å²) in [6.07, 6.45) is 2.63. The van der Waals surface area contributed by atoms with E-state index in [0.29, 0.717) is 17.7 Å². The van der Waals surface area contributed by atoms with Gasteiger partial charge >= 0.3 is 0 Å². The van der Waals surface area contributed by atoms with Gasteiger partial charge in [-0.15, -0.1) is 0 Å². The fraction of sp³-hybridized carbons (Fsp3) is 0.538. The molecule has 0 bridgehead atoms. The van der Waals surface area contributed by atoms with Gasteiger partial charge in [0, 0.05) is 6.04 Å². The van der Waals surface area contributed by atoms with Gasteiger partial charge in [0.1, 0.15) is 12.4 Å². The van der Waals surface area contributed by atoms with Crippen molar-refractivity contribution in [3.05, 3.63) is 28.8 Å². The number of likely N-dealkylation sites (N-methyl/N-ethyl adjacent to an activating group) is 1. The summed E-state index contributed by atoms with van der Waals surface area (Å²) in [5.41, 5.74) is 1.17. The highest BCUT2D eigenvalue weighted by Crippen LogP contribution is 2.33. The molecule has 2 nitrogen and oxygen atoms in total. The highest BCUT2D eigenvalue weighted by atomic mass is 35.5. The van der Waals surface area contributed by atoms with Crippen LogP contribution in [0.25, 0.3) is 0 Å². The minimum absolute atomic E-state index is 0.455. The summed E-state index contributed by atoms with van der Waals surface area (Å²) in [6.45, 7) is 2.74. The summed E-state index contributed by atoms with van der Waals surface area (Å²) in [5, 5.41) is 3.99. The van der Waals surface area contributed by atoms with Gasteiger partial charge in [0.05, 0.1) is 5.02 Å². The number of rotatable bonds is 5. The maximum atomic E-state index is 6.07. The van der Waals surface area contributed by atoms with Gasteiger partial charge in [-0.05, 0) is 50.4 Å². The van der Waals surface area contributed by atoms with Crippen molar-refractivity contribution in [1.82, 2.24) is 5.32 Å². The zero-order valence-corrected chi connectivity index (χ0v) is 10.6. The molecule has 1 saturated carbocycles. The van der Waals surface area contributed by atoms with Crippen molar-refractivity contribution in [2.45, 2.75) is 25.8 Å². The van der Waals surface area contributed by atoms with Crippen LogP contribution < -0.4 is 10.1 Å². The van der Waals surface area contributed by atoms with Crippen molar-refractivity contribution < 1.29 is 4.74 Å².